The first-order chi connectivity index (χ1) is 7.63. The molecule has 1 aromatic rings. The lowest BCUT2D eigenvalue weighted by Crippen LogP contribution is -2.14. The van der Waals surface area contributed by atoms with Crippen LogP contribution in [0.5, 0.6) is 0 Å². The average molecular weight is 287 g/mol. The van der Waals surface area contributed by atoms with Crippen molar-refractivity contribution in [3.63, 3.8) is 0 Å². The monoisotopic (exact) mass is 286 g/mol. The summed E-state index contributed by atoms with van der Waals surface area (Å²) in [6.45, 7) is 1.30. The van der Waals surface area contributed by atoms with E-state index in [0.717, 1.165) is 6.07 Å². The SMILES string of the molecule is Cc1c(CC(F)(F)F)cc(C(=O)Cl)c(F)c1S. The Hall–Kier alpha value is -0.750. The van der Waals surface area contributed by atoms with Crippen molar-refractivity contribution >= 4 is 29.5 Å². The highest BCUT2D eigenvalue weighted by Gasteiger charge is 2.30. The van der Waals surface area contributed by atoms with Crippen molar-refractivity contribution in [1.29, 1.82) is 0 Å². The first kappa shape index (κ1) is 14.3. The van der Waals surface area contributed by atoms with Gasteiger partial charge in [0.2, 0.25) is 0 Å². The summed E-state index contributed by atoms with van der Waals surface area (Å²) in [6.07, 6.45) is -5.71. The number of alkyl halides is 3. The second-order valence-corrected chi connectivity index (χ2v) is 4.23. The Bertz CT molecular complexity index is 470. The molecule has 0 fully saturated rings. The number of halogens is 5. The molecule has 0 atom stereocenters. The van der Waals surface area contributed by atoms with Crippen molar-refractivity contribution in [3.05, 3.63) is 28.6 Å². The highest BCUT2D eigenvalue weighted by atomic mass is 35.5. The molecule has 0 aliphatic carbocycles. The van der Waals surface area contributed by atoms with Crippen molar-refractivity contribution in [2.24, 2.45) is 0 Å². The van der Waals surface area contributed by atoms with E-state index in [9.17, 15) is 22.4 Å². The molecule has 7 heteroatoms. The van der Waals surface area contributed by atoms with Gasteiger partial charge in [-0.25, -0.2) is 4.39 Å². The Morgan fingerprint density at radius 1 is 1.47 bits per heavy atom. The van der Waals surface area contributed by atoms with Crippen molar-refractivity contribution < 1.29 is 22.4 Å². The molecular weight excluding hydrogens is 280 g/mol. The molecule has 94 valence electrons. The van der Waals surface area contributed by atoms with E-state index in [-0.39, 0.29) is 16.0 Å². The van der Waals surface area contributed by atoms with Crippen molar-refractivity contribution in [1.82, 2.24) is 0 Å². The molecule has 0 N–H and O–H groups in total. The molecule has 0 aromatic heterocycles. The quantitative estimate of drug-likeness (QED) is 0.496. The summed E-state index contributed by atoms with van der Waals surface area (Å²) in [6, 6.07) is 0.813. The lowest BCUT2D eigenvalue weighted by molar-refractivity contribution is -0.127. The van der Waals surface area contributed by atoms with E-state index in [1.54, 1.807) is 0 Å². The van der Waals surface area contributed by atoms with E-state index < -0.39 is 29.2 Å². The van der Waals surface area contributed by atoms with Crippen molar-refractivity contribution in [2.45, 2.75) is 24.4 Å². The number of thiol groups is 1. The van der Waals surface area contributed by atoms with Gasteiger partial charge < -0.3 is 0 Å². The van der Waals surface area contributed by atoms with Crippen LogP contribution in [0.25, 0.3) is 0 Å². The topological polar surface area (TPSA) is 17.1 Å². The maximum atomic E-state index is 13.5. The van der Waals surface area contributed by atoms with Crippen LogP contribution in [0, 0.1) is 12.7 Å². The molecule has 0 aliphatic rings. The fraction of sp³-hybridized carbons (Fsp3) is 0.300. The summed E-state index contributed by atoms with van der Waals surface area (Å²) in [5, 5.41) is -1.15. The van der Waals surface area contributed by atoms with Crippen LogP contribution in [-0.2, 0) is 6.42 Å². The zero-order valence-corrected chi connectivity index (χ0v) is 10.2. The van der Waals surface area contributed by atoms with Crippen LogP contribution in [0.2, 0.25) is 0 Å². The number of benzene rings is 1. The fourth-order valence-electron chi connectivity index (χ4n) is 1.33. The number of carbonyl (C=O) groups excluding carboxylic acids is 1. The van der Waals surface area contributed by atoms with Gasteiger partial charge in [0.1, 0.15) is 5.82 Å². The Morgan fingerprint density at radius 3 is 2.41 bits per heavy atom. The number of rotatable bonds is 2. The predicted octanol–water partition coefficient (Wildman–Crippen LogP) is 3.91. The third kappa shape index (κ3) is 3.35. The molecule has 1 nitrogen and oxygen atoms in total. The lowest BCUT2D eigenvalue weighted by atomic mass is 10.0. The van der Waals surface area contributed by atoms with Gasteiger partial charge in [-0.3, -0.25) is 4.79 Å². The summed E-state index contributed by atoms with van der Waals surface area (Å²) < 4.78 is 50.2. The molecule has 0 saturated carbocycles. The van der Waals surface area contributed by atoms with Gasteiger partial charge in [-0.05, 0) is 35.7 Å². The molecule has 0 bridgehead atoms. The summed E-state index contributed by atoms with van der Waals surface area (Å²) in [5.74, 6) is -1.00. The van der Waals surface area contributed by atoms with Crippen LogP contribution in [0.3, 0.4) is 0 Å². The van der Waals surface area contributed by atoms with Gasteiger partial charge in [-0.2, -0.15) is 13.2 Å². The minimum absolute atomic E-state index is 0.0461. The van der Waals surface area contributed by atoms with Gasteiger partial charge in [0.25, 0.3) is 5.24 Å². The molecule has 0 heterocycles. The van der Waals surface area contributed by atoms with Crippen LogP contribution in [0.1, 0.15) is 21.5 Å². The highest BCUT2D eigenvalue weighted by molar-refractivity contribution is 7.80. The molecule has 0 saturated heterocycles. The second-order valence-electron chi connectivity index (χ2n) is 3.44. The Kier molecular flexibility index (Phi) is 4.09. The van der Waals surface area contributed by atoms with Gasteiger partial charge in [0.05, 0.1) is 12.0 Å². The molecule has 0 aliphatic heterocycles. The van der Waals surface area contributed by atoms with Crippen LogP contribution in [-0.4, -0.2) is 11.4 Å². The molecule has 0 spiro atoms. The summed E-state index contributed by atoms with van der Waals surface area (Å²) in [7, 11) is 0. The molecule has 1 rings (SSSR count). The molecule has 1 aromatic carbocycles. The van der Waals surface area contributed by atoms with Gasteiger partial charge in [0.15, 0.2) is 0 Å². The normalized spacial score (nSPS) is 11.7. The van der Waals surface area contributed by atoms with Crippen LogP contribution < -0.4 is 0 Å². The van der Waals surface area contributed by atoms with Crippen LogP contribution in [0.4, 0.5) is 17.6 Å². The maximum Gasteiger partial charge on any atom is 0.393 e. The Morgan fingerprint density at radius 2 is 2.00 bits per heavy atom. The Labute approximate surface area is 105 Å². The first-order valence-electron chi connectivity index (χ1n) is 4.41. The minimum atomic E-state index is -4.45. The van der Waals surface area contributed by atoms with Gasteiger partial charge in [0, 0.05) is 4.90 Å². The van der Waals surface area contributed by atoms with E-state index in [2.05, 4.69) is 12.6 Å². The summed E-state index contributed by atoms with van der Waals surface area (Å²) in [4.78, 5) is 10.6. The molecule has 17 heavy (non-hydrogen) atoms. The van der Waals surface area contributed by atoms with Gasteiger partial charge >= 0.3 is 6.18 Å². The number of hydrogen-bond donors (Lipinski definition) is 1. The van der Waals surface area contributed by atoms with E-state index in [1.807, 2.05) is 0 Å². The van der Waals surface area contributed by atoms with Gasteiger partial charge in [-0.1, -0.05) is 0 Å². The third-order valence-corrected chi connectivity index (χ3v) is 2.94. The lowest BCUT2D eigenvalue weighted by Gasteiger charge is -2.13. The zero-order valence-electron chi connectivity index (χ0n) is 8.53. The van der Waals surface area contributed by atoms with Crippen LogP contribution in [0.15, 0.2) is 11.0 Å². The zero-order chi connectivity index (χ0) is 13.4. The predicted molar refractivity (Wildman–Crippen MR) is 58.3 cm³/mol. The summed E-state index contributed by atoms with van der Waals surface area (Å²) in [5.41, 5.74) is -0.765. The van der Waals surface area contributed by atoms with E-state index >= 15 is 0 Å². The van der Waals surface area contributed by atoms with Gasteiger partial charge in [-0.15, -0.1) is 12.6 Å². The average Bonchev–Trinajstić information content (AvgIpc) is 2.16. The number of carbonyl (C=O) groups is 1. The molecule has 0 amide bonds. The fourth-order valence-corrected chi connectivity index (χ4v) is 1.73. The second kappa shape index (κ2) is 4.86. The molecular formula is C10H7ClF4OS. The van der Waals surface area contributed by atoms with E-state index in [0.29, 0.717) is 0 Å². The van der Waals surface area contributed by atoms with Crippen molar-refractivity contribution in [2.75, 3.05) is 0 Å². The largest absolute Gasteiger partial charge is 0.393 e. The first-order valence-corrected chi connectivity index (χ1v) is 5.23. The maximum absolute atomic E-state index is 13.5. The Balaban J connectivity index is 3.37. The third-order valence-electron chi connectivity index (χ3n) is 2.20. The number of hydrogen-bond acceptors (Lipinski definition) is 2. The van der Waals surface area contributed by atoms with Crippen molar-refractivity contribution in [3.8, 4) is 0 Å². The van der Waals surface area contributed by atoms with E-state index in [4.69, 9.17) is 11.6 Å². The molecule has 0 unspecified atom stereocenters. The van der Waals surface area contributed by atoms with E-state index in [1.165, 1.54) is 6.92 Å². The molecule has 0 radical (unpaired) electrons. The summed E-state index contributed by atoms with van der Waals surface area (Å²) >= 11 is 8.82. The highest BCUT2D eigenvalue weighted by Crippen LogP contribution is 2.30. The minimum Gasteiger partial charge on any atom is -0.275 e. The standard InChI is InChI=1S/C10H7ClF4OS/c1-4-5(3-10(13,14)15)2-6(9(11)16)7(12)8(4)17/h2,17H,3H2,1H3. The smallest absolute Gasteiger partial charge is 0.275 e. The van der Waals surface area contributed by atoms with Crippen LogP contribution >= 0.6 is 24.2 Å².